The maximum Gasteiger partial charge on any atom is 0.221 e. The van der Waals surface area contributed by atoms with Crippen LogP contribution in [0.25, 0.3) is 0 Å². The molecular formula is C14H12F2N2O2. The molecule has 20 heavy (non-hydrogen) atoms. The van der Waals surface area contributed by atoms with Gasteiger partial charge in [-0.15, -0.1) is 0 Å². The van der Waals surface area contributed by atoms with Crippen molar-refractivity contribution in [2.75, 3.05) is 5.32 Å². The number of rotatable bonds is 3. The van der Waals surface area contributed by atoms with Gasteiger partial charge in [0.05, 0.1) is 5.69 Å². The van der Waals surface area contributed by atoms with Crippen molar-refractivity contribution >= 4 is 11.6 Å². The standard InChI is InChI=1S/C14H12F2N2O2/c1-8-7-17-14(6-12(8)18-9(2)19)20-13-4-3-10(15)5-11(13)16/h3-7H,1-2H3,(H,17,18,19). The predicted octanol–water partition coefficient (Wildman–Crippen LogP) is 3.42. The number of pyridine rings is 1. The van der Waals surface area contributed by atoms with E-state index in [4.69, 9.17) is 4.74 Å². The van der Waals surface area contributed by atoms with Crippen LogP contribution in [0.3, 0.4) is 0 Å². The average molecular weight is 278 g/mol. The summed E-state index contributed by atoms with van der Waals surface area (Å²) in [5.41, 5.74) is 1.26. The lowest BCUT2D eigenvalue weighted by Crippen LogP contribution is -2.07. The summed E-state index contributed by atoms with van der Waals surface area (Å²) in [7, 11) is 0. The van der Waals surface area contributed by atoms with Crippen LogP contribution in [0.5, 0.6) is 11.6 Å². The number of hydrogen-bond acceptors (Lipinski definition) is 3. The van der Waals surface area contributed by atoms with E-state index >= 15 is 0 Å². The lowest BCUT2D eigenvalue weighted by molar-refractivity contribution is -0.114. The molecule has 6 heteroatoms. The summed E-state index contributed by atoms with van der Waals surface area (Å²) in [6, 6.07) is 4.45. The number of amides is 1. The second kappa shape index (κ2) is 5.64. The minimum Gasteiger partial charge on any atom is -0.436 e. The van der Waals surface area contributed by atoms with Gasteiger partial charge in [-0.1, -0.05) is 0 Å². The minimum absolute atomic E-state index is 0.102. The van der Waals surface area contributed by atoms with Crippen molar-refractivity contribution in [2.24, 2.45) is 0 Å². The van der Waals surface area contributed by atoms with E-state index in [0.29, 0.717) is 5.69 Å². The first-order chi connectivity index (χ1) is 9.45. The van der Waals surface area contributed by atoms with Crippen molar-refractivity contribution < 1.29 is 18.3 Å². The smallest absolute Gasteiger partial charge is 0.221 e. The SMILES string of the molecule is CC(=O)Nc1cc(Oc2ccc(F)cc2F)ncc1C. The average Bonchev–Trinajstić information content (AvgIpc) is 2.36. The fraction of sp³-hybridized carbons (Fsp3) is 0.143. The summed E-state index contributed by atoms with van der Waals surface area (Å²) in [6.45, 7) is 3.14. The molecule has 104 valence electrons. The summed E-state index contributed by atoms with van der Waals surface area (Å²) >= 11 is 0. The third-order valence-corrected chi connectivity index (χ3v) is 2.50. The van der Waals surface area contributed by atoms with Crippen LogP contribution in [0, 0.1) is 18.6 Å². The van der Waals surface area contributed by atoms with Gasteiger partial charge in [-0.2, -0.15) is 0 Å². The topological polar surface area (TPSA) is 51.2 Å². The highest BCUT2D eigenvalue weighted by molar-refractivity contribution is 5.89. The Balaban J connectivity index is 2.27. The molecular weight excluding hydrogens is 266 g/mol. The molecule has 0 atom stereocenters. The van der Waals surface area contributed by atoms with E-state index in [0.717, 1.165) is 17.7 Å². The monoisotopic (exact) mass is 278 g/mol. The molecule has 1 aromatic heterocycles. The largest absolute Gasteiger partial charge is 0.436 e. The van der Waals surface area contributed by atoms with Crippen molar-refractivity contribution in [2.45, 2.75) is 13.8 Å². The molecule has 4 nitrogen and oxygen atoms in total. The Bertz CT molecular complexity index is 660. The zero-order valence-electron chi connectivity index (χ0n) is 10.9. The van der Waals surface area contributed by atoms with Crippen molar-refractivity contribution in [3.63, 3.8) is 0 Å². The molecule has 0 bridgehead atoms. The molecule has 1 aromatic carbocycles. The first-order valence-corrected chi connectivity index (χ1v) is 5.83. The van der Waals surface area contributed by atoms with E-state index in [2.05, 4.69) is 10.3 Å². The fourth-order valence-corrected chi connectivity index (χ4v) is 1.56. The highest BCUT2D eigenvalue weighted by Gasteiger charge is 2.09. The number of ether oxygens (including phenoxy) is 1. The Hall–Kier alpha value is -2.50. The summed E-state index contributed by atoms with van der Waals surface area (Å²) in [6.07, 6.45) is 1.49. The first kappa shape index (κ1) is 13.9. The van der Waals surface area contributed by atoms with Gasteiger partial charge in [0, 0.05) is 25.3 Å². The number of anilines is 1. The number of nitrogens with one attached hydrogen (secondary N) is 1. The van der Waals surface area contributed by atoms with Crippen LogP contribution in [0.15, 0.2) is 30.5 Å². The van der Waals surface area contributed by atoms with Gasteiger partial charge in [-0.05, 0) is 24.6 Å². The predicted molar refractivity (Wildman–Crippen MR) is 69.7 cm³/mol. The fourth-order valence-electron chi connectivity index (χ4n) is 1.56. The lowest BCUT2D eigenvalue weighted by Gasteiger charge is -2.10. The minimum atomic E-state index is -0.826. The molecule has 0 aliphatic heterocycles. The summed E-state index contributed by atoms with van der Waals surface area (Å²) in [5.74, 6) is -1.79. The second-order valence-electron chi connectivity index (χ2n) is 4.20. The summed E-state index contributed by atoms with van der Waals surface area (Å²) in [5, 5.41) is 2.61. The van der Waals surface area contributed by atoms with Crippen LogP contribution < -0.4 is 10.1 Å². The highest BCUT2D eigenvalue weighted by atomic mass is 19.1. The van der Waals surface area contributed by atoms with Crippen LogP contribution in [0.2, 0.25) is 0 Å². The zero-order chi connectivity index (χ0) is 14.7. The normalized spacial score (nSPS) is 10.2. The maximum absolute atomic E-state index is 13.5. The van der Waals surface area contributed by atoms with Gasteiger partial charge in [0.1, 0.15) is 5.82 Å². The molecule has 1 N–H and O–H groups in total. The molecule has 2 rings (SSSR count). The van der Waals surface area contributed by atoms with Gasteiger partial charge in [-0.3, -0.25) is 4.79 Å². The summed E-state index contributed by atoms with van der Waals surface area (Å²) < 4.78 is 31.5. The van der Waals surface area contributed by atoms with Crippen LogP contribution in [0.4, 0.5) is 14.5 Å². The number of aromatic nitrogens is 1. The van der Waals surface area contributed by atoms with Gasteiger partial charge in [0.25, 0.3) is 0 Å². The Morgan fingerprint density at radius 1 is 1.30 bits per heavy atom. The van der Waals surface area contributed by atoms with E-state index in [1.165, 1.54) is 25.3 Å². The molecule has 0 saturated heterocycles. The van der Waals surface area contributed by atoms with E-state index in [9.17, 15) is 13.6 Å². The van der Waals surface area contributed by atoms with Gasteiger partial charge < -0.3 is 10.1 Å². The van der Waals surface area contributed by atoms with Gasteiger partial charge in [0.2, 0.25) is 11.8 Å². The Kier molecular flexibility index (Phi) is 3.93. The van der Waals surface area contributed by atoms with Crippen molar-refractivity contribution in [3.8, 4) is 11.6 Å². The number of aryl methyl sites for hydroxylation is 1. The van der Waals surface area contributed by atoms with Crippen molar-refractivity contribution in [3.05, 3.63) is 47.7 Å². The molecule has 2 aromatic rings. The number of halogens is 2. The summed E-state index contributed by atoms with van der Waals surface area (Å²) in [4.78, 5) is 15.0. The number of hydrogen-bond donors (Lipinski definition) is 1. The van der Waals surface area contributed by atoms with Gasteiger partial charge in [0.15, 0.2) is 11.6 Å². The Morgan fingerprint density at radius 2 is 2.05 bits per heavy atom. The third-order valence-electron chi connectivity index (χ3n) is 2.50. The molecule has 0 aliphatic rings. The number of carbonyl (C=O) groups excluding carboxylic acids is 1. The van der Waals surface area contributed by atoms with E-state index < -0.39 is 11.6 Å². The van der Waals surface area contributed by atoms with Crippen LogP contribution in [0.1, 0.15) is 12.5 Å². The van der Waals surface area contributed by atoms with Crippen molar-refractivity contribution in [1.29, 1.82) is 0 Å². The van der Waals surface area contributed by atoms with E-state index in [1.807, 2.05) is 0 Å². The Morgan fingerprint density at radius 3 is 2.70 bits per heavy atom. The molecule has 0 radical (unpaired) electrons. The number of nitrogens with zero attached hydrogens (tertiary/aromatic N) is 1. The molecule has 0 unspecified atom stereocenters. The van der Waals surface area contributed by atoms with Gasteiger partial charge in [-0.25, -0.2) is 13.8 Å². The van der Waals surface area contributed by atoms with Crippen LogP contribution in [-0.4, -0.2) is 10.9 Å². The second-order valence-corrected chi connectivity index (χ2v) is 4.20. The van der Waals surface area contributed by atoms with Gasteiger partial charge >= 0.3 is 0 Å². The maximum atomic E-state index is 13.5. The molecule has 0 saturated carbocycles. The first-order valence-electron chi connectivity index (χ1n) is 5.83. The van der Waals surface area contributed by atoms with Crippen LogP contribution >= 0.6 is 0 Å². The van der Waals surface area contributed by atoms with E-state index in [1.54, 1.807) is 6.92 Å². The molecule has 0 aliphatic carbocycles. The number of carbonyl (C=O) groups is 1. The lowest BCUT2D eigenvalue weighted by atomic mass is 10.2. The number of benzene rings is 1. The zero-order valence-corrected chi connectivity index (χ0v) is 10.9. The molecule has 1 heterocycles. The third kappa shape index (κ3) is 3.28. The molecule has 0 spiro atoms. The van der Waals surface area contributed by atoms with Crippen LogP contribution in [-0.2, 0) is 4.79 Å². The van der Waals surface area contributed by atoms with Crippen molar-refractivity contribution in [1.82, 2.24) is 4.98 Å². The highest BCUT2D eigenvalue weighted by Crippen LogP contribution is 2.26. The molecule has 0 fully saturated rings. The van der Waals surface area contributed by atoms with E-state index in [-0.39, 0.29) is 17.5 Å². The quantitative estimate of drug-likeness (QED) is 0.936. The Labute approximate surface area is 114 Å². The molecule has 1 amide bonds.